The SMILES string of the molecule is CCOC(=O)C1C(C)=NC2=C(C(=O)C[C@H](c3ccc(Cl)cc3)C2)[C@H]1c1ccccc1Cl. The molecule has 1 unspecified atom stereocenters. The number of benzene rings is 2. The van der Waals surface area contributed by atoms with Crippen LogP contribution in [0.3, 0.4) is 0 Å². The van der Waals surface area contributed by atoms with Gasteiger partial charge in [0.2, 0.25) is 0 Å². The van der Waals surface area contributed by atoms with Gasteiger partial charge in [-0.15, -0.1) is 0 Å². The number of esters is 1. The highest BCUT2D eigenvalue weighted by Gasteiger charge is 2.45. The van der Waals surface area contributed by atoms with Crippen LogP contribution in [0.4, 0.5) is 0 Å². The fourth-order valence-electron chi connectivity index (χ4n) is 4.63. The highest BCUT2D eigenvalue weighted by molar-refractivity contribution is 6.31. The first-order valence-electron chi connectivity index (χ1n) is 10.4. The standard InChI is InChI=1S/C25H23Cl2NO3/c1-3-31-25(30)22-14(2)28-20-12-16(15-8-10-17(26)11-9-15)13-21(29)24(20)23(22)18-6-4-5-7-19(18)27/h4-11,16,22-23H,3,12-13H2,1-2H3/t16-,22?,23+/m1/s1. The zero-order valence-corrected chi connectivity index (χ0v) is 18.9. The molecule has 0 aromatic heterocycles. The molecule has 4 nitrogen and oxygen atoms in total. The minimum absolute atomic E-state index is 0.00309. The molecule has 0 N–H and O–H groups in total. The average Bonchev–Trinajstić information content (AvgIpc) is 2.73. The fraction of sp³-hybridized carbons (Fsp3) is 0.320. The predicted molar refractivity (Wildman–Crippen MR) is 123 cm³/mol. The van der Waals surface area contributed by atoms with Crippen molar-refractivity contribution in [2.45, 2.75) is 38.5 Å². The van der Waals surface area contributed by atoms with Crippen LogP contribution >= 0.6 is 23.2 Å². The van der Waals surface area contributed by atoms with E-state index in [-0.39, 0.29) is 24.3 Å². The highest BCUT2D eigenvalue weighted by Crippen LogP contribution is 2.48. The summed E-state index contributed by atoms with van der Waals surface area (Å²) >= 11 is 12.6. The molecule has 0 amide bonds. The van der Waals surface area contributed by atoms with Gasteiger partial charge in [0, 0.05) is 39.4 Å². The van der Waals surface area contributed by atoms with E-state index in [0.29, 0.717) is 34.2 Å². The van der Waals surface area contributed by atoms with Crippen LogP contribution in [0.5, 0.6) is 0 Å². The fourth-order valence-corrected chi connectivity index (χ4v) is 5.01. The summed E-state index contributed by atoms with van der Waals surface area (Å²) in [5, 5.41) is 1.18. The molecular weight excluding hydrogens is 433 g/mol. The Hall–Kier alpha value is -2.43. The maximum atomic E-state index is 13.5. The molecule has 2 aliphatic rings. The number of hydrogen-bond donors (Lipinski definition) is 0. The van der Waals surface area contributed by atoms with E-state index in [0.717, 1.165) is 16.8 Å². The summed E-state index contributed by atoms with van der Waals surface area (Å²) < 4.78 is 5.35. The molecule has 1 heterocycles. The number of aliphatic imine (C=N–C) groups is 1. The van der Waals surface area contributed by atoms with E-state index in [2.05, 4.69) is 0 Å². The molecule has 2 aromatic carbocycles. The van der Waals surface area contributed by atoms with Gasteiger partial charge in [-0.25, -0.2) is 0 Å². The van der Waals surface area contributed by atoms with Gasteiger partial charge in [-0.3, -0.25) is 14.6 Å². The molecule has 0 bridgehead atoms. The monoisotopic (exact) mass is 455 g/mol. The lowest BCUT2D eigenvalue weighted by Gasteiger charge is -2.36. The number of ketones is 1. The molecule has 1 aliphatic carbocycles. The lowest BCUT2D eigenvalue weighted by molar-refractivity contribution is -0.146. The molecule has 2 aromatic rings. The summed E-state index contributed by atoms with van der Waals surface area (Å²) in [6, 6.07) is 15.0. The predicted octanol–water partition coefficient (Wildman–Crippen LogP) is 6.13. The Morgan fingerprint density at radius 3 is 2.48 bits per heavy atom. The van der Waals surface area contributed by atoms with Crippen molar-refractivity contribution in [2.24, 2.45) is 10.9 Å². The van der Waals surface area contributed by atoms with E-state index in [9.17, 15) is 9.59 Å². The number of Topliss-reactive ketones (excluding diaryl/α,β-unsaturated/α-hetero) is 1. The average molecular weight is 456 g/mol. The number of halogens is 2. The van der Waals surface area contributed by atoms with E-state index >= 15 is 0 Å². The third kappa shape index (κ3) is 4.19. The first-order chi connectivity index (χ1) is 14.9. The van der Waals surface area contributed by atoms with Gasteiger partial charge in [0.1, 0.15) is 5.92 Å². The van der Waals surface area contributed by atoms with Crippen molar-refractivity contribution in [2.75, 3.05) is 6.61 Å². The van der Waals surface area contributed by atoms with E-state index in [1.165, 1.54) is 0 Å². The summed E-state index contributed by atoms with van der Waals surface area (Å²) in [5.41, 5.74) is 3.77. The number of carbonyl (C=O) groups is 2. The lowest BCUT2D eigenvalue weighted by atomic mass is 9.69. The Kier molecular flexibility index (Phi) is 6.31. The molecule has 0 saturated carbocycles. The van der Waals surface area contributed by atoms with E-state index < -0.39 is 11.8 Å². The Balaban J connectivity index is 1.81. The van der Waals surface area contributed by atoms with Crippen molar-refractivity contribution in [1.29, 1.82) is 0 Å². The quantitative estimate of drug-likeness (QED) is 0.520. The molecule has 160 valence electrons. The molecule has 31 heavy (non-hydrogen) atoms. The summed E-state index contributed by atoms with van der Waals surface area (Å²) in [7, 11) is 0. The topological polar surface area (TPSA) is 55.7 Å². The largest absolute Gasteiger partial charge is 0.465 e. The second kappa shape index (κ2) is 8.97. The van der Waals surface area contributed by atoms with E-state index in [1.54, 1.807) is 13.0 Å². The number of allylic oxidation sites excluding steroid dienone is 2. The summed E-state index contributed by atoms with van der Waals surface area (Å²) in [6.07, 6.45) is 0.974. The lowest BCUT2D eigenvalue weighted by Crippen LogP contribution is -2.38. The minimum atomic E-state index is -0.672. The molecule has 4 rings (SSSR count). The van der Waals surface area contributed by atoms with Crippen molar-refractivity contribution < 1.29 is 14.3 Å². The zero-order chi connectivity index (χ0) is 22.1. The molecule has 1 aliphatic heterocycles. The summed E-state index contributed by atoms with van der Waals surface area (Å²) in [4.78, 5) is 31.1. The van der Waals surface area contributed by atoms with Gasteiger partial charge in [-0.1, -0.05) is 53.5 Å². The molecule has 0 fully saturated rings. The van der Waals surface area contributed by atoms with E-state index in [4.69, 9.17) is 32.9 Å². The summed E-state index contributed by atoms with van der Waals surface area (Å²) in [5.74, 6) is -1.54. The molecular formula is C25H23Cl2NO3. The van der Waals surface area contributed by atoms with Crippen LogP contribution in [-0.2, 0) is 14.3 Å². The van der Waals surface area contributed by atoms with Gasteiger partial charge in [-0.2, -0.15) is 0 Å². The van der Waals surface area contributed by atoms with Crippen molar-refractivity contribution >= 4 is 40.7 Å². The van der Waals surface area contributed by atoms with Crippen molar-refractivity contribution in [3.63, 3.8) is 0 Å². The van der Waals surface area contributed by atoms with E-state index in [1.807, 2.05) is 49.4 Å². The van der Waals surface area contributed by atoms with Gasteiger partial charge in [0.05, 0.1) is 6.61 Å². The van der Waals surface area contributed by atoms with Crippen LogP contribution in [-0.4, -0.2) is 24.1 Å². The van der Waals surface area contributed by atoms with Crippen molar-refractivity contribution in [3.8, 4) is 0 Å². The normalized spacial score (nSPS) is 23.3. The number of rotatable bonds is 4. The number of carbonyl (C=O) groups excluding carboxylic acids is 2. The maximum Gasteiger partial charge on any atom is 0.315 e. The van der Waals surface area contributed by atoms with Crippen LogP contribution in [0.1, 0.15) is 49.7 Å². The molecule has 0 radical (unpaired) electrons. The summed E-state index contributed by atoms with van der Waals surface area (Å²) in [6.45, 7) is 3.85. The highest BCUT2D eigenvalue weighted by atomic mass is 35.5. The Morgan fingerprint density at radius 1 is 1.10 bits per heavy atom. The number of nitrogens with zero attached hydrogens (tertiary/aromatic N) is 1. The number of ether oxygens (including phenoxy) is 1. The van der Waals surface area contributed by atoms with Gasteiger partial charge in [0.25, 0.3) is 0 Å². The number of hydrogen-bond acceptors (Lipinski definition) is 4. The first kappa shape index (κ1) is 21.8. The minimum Gasteiger partial charge on any atom is -0.465 e. The first-order valence-corrected chi connectivity index (χ1v) is 11.1. The zero-order valence-electron chi connectivity index (χ0n) is 17.4. The Morgan fingerprint density at radius 2 is 1.81 bits per heavy atom. The Labute approximate surface area is 191 Å². The van der Waals surface area contributed by atoms with Crippen LogP contribution < -0.4 is 0 Å². The van der Waals surface area contributed by atoms with Gasteiger partial charge in [-0.05, 0) is 55.5 Å². The second-order valence-electron chi connectivity index (χ2n) is 7.92. The van der Waals surface area contributed by atoms with Gasteiger partial charge >= 0.3 is 5.97 Å². The molecule has 6 heteroatoms. The van der Waals surface area contributed by atoms with Crippen LogP contribution in [0.15, 0.2) is 64.8 Å². The molecule has 3 atom stereocenters. The Bertz CT molecular complexity index is 1090. The third-order valence-electron chi connectivity index (χ3n) is 6.01. The van der Waals surface area contributed by atoms with Crippen molar-refractivity contribution in [3.05, 3.63) is 81.0 Å². The third-order valence-corrected chi connectivity index (χ3v) is 6.61. The van der Waals surface area contributed by atoms with Crippen LogP contribution in [0.2, 0.25) is 10.0 Å². The molecule has 0 spiro atoms. The van der Waals surface area contributed by atoms with Crippen LogP contribution in [0.25, 0.3) is 0 Å². The van der Waals surface area contributed by atoms with Gasteiger partial charge in [0.15, 0.2) is 5.78 Å². The molecule has 0 saturated heterocycles. The maximum absolute atomic E-state index is 13.5. The smallest absolute Gasteiger partial charge is 0.315 e. The second-order valence-corrected chi connectivity index (χ2v) is 8.77. The van der Waals surface area contributed by atoms with Crippen LogP contribution in [0, 0.1) is 5.92 Å². The van der Waals surface area contributed by atoms with Crippen molar-refractivity contribution in [1.82, 2.24) is 0 Å². The van der Waals surface area contributed by atoms with Gasteiger partial charge < -0.3 is 4.74 Å².